The van der Waals surface area contributed by atoms with Crippen molar-refractivity contribution in [3.63, 3.8) is 0 Å². The van der Waals surface area contributed by atoms with Gasteiger partial charge in [0.05, 0.1) is 16.6 Å². The van der Waals surface area contributed by atoms with E-state index in [1.165, 1.54) is 48.4 Å². The normalized spacial score (nSPS) is 11.4. The highest BCUT2D eigenvalue weighted by atomic mass is 35.5. The number of rotatable bonds is 8. The number of benzene rings is 2. The zero-order valence-corrected chi connectivity index (χ0v) is 22.2. The van der Waals surface area contributed by atoms with Crippen molar-refractivity contribution < 1.29 is 19.2 Å². The molecule has 0 aliphatic rings. The van der Waals surface area contributed by atoms with E-state index in [0.717, 1.165) is 4.90 Å². The second kappa shape index (κ2) is 11.9. The minimum Gasteiger partial charge on any atom is -0.348 e. The standard InChI is InChI=1S/C26H25Cl2N5O4/c1-31(2)24(35)16-8-5-10-18(14-16)33(15-17-9-6-11-19(27)21(17)28)26(37)20(25(36)32(3)4)22(34)23-29-12-7-13-30-23/h5-14,20H,15H2,1-4H3. The lowest BCUT2D eigenvalue weighted by Gasteiger charge is -2.28. The molecular formula is C26H25Cl2N5O4. The van der Waals surface area contributed by atoms with Crippen LogP contribution in [0.1, 0.15) is 26.5 Å². The van der Waals surface area contributed by atoms with Crippen molar-refractivity contribution >= 4 is 52.4 Å². The molecule has 0 fully saturated rings. The maximum atomic E-state index is 14.1. The number of Topliss-reactive ketones (excluding diaryl/α,β-unsaturated/α-hetero) is 1. The van der Waals surface area contributed by atoms with Gasteiger partial charge in [-0.05, 0) is 35.9 Å². The van der Waals surface area contributed by atoms with Crippen molar-refractivity contribution in [1.82, 2.24) is 19.8 Å². The van der Waals surface area contributed by atoms with Gasteiger partial charge >= 0.3 is 0 Å². The number of aromatic nitrogens is 2. The Balaban J connectivity index is 2.16. The summed E-state index contributed by atoms with van der Waals surface area (Å²) in [7, 11) is 6.09. The van der Waals surface area contributed by atoms with Gasteiger partial charge in [-0.3, -0.25) is 19.2 Å². The predicted molar refractivity (Wildman–Crippen MR) is 141 cm³/mol. The molecule has 0 spiro atoms. The molecule has 0 aliphatic heterocycles. The molecule has 1 heterocycles. The van der Waals surface area contributed by atoms with E-state index in [-0.39, 0.29) is 34.0 Å². The summed E-state index contributed by atoms with van der Waals surface area (Å²) in [4.78, 5) is 64.9. The van der Waals surface area contributed by atoms with Crippen LogP contribution in [-0.4, -0.2) is 71.5 Å². The van der Waals surface area contributed by atoms with Gasteiger partial charge in [0.25, 0.3) is 5.91 Å². The van der Waals surface area contributed by atoms with Crippen LogP contribution in [0.2, 0.25) is 10.0 Å². The molecular weight excluding hydrogens is 517 g/mol. The molecule has 1 unspecified atom stereocenters. The van der Waals surface area contributed by atoms with E-state index in [0.29, 0.717) is 11.1 Å². The lowest BCUT2D eigenvalue weighted by molar-refractivity contribution is -0.137. The first-order valence-corrected chi connectivity index (χ1v) is 11.9. The summed E-state index contributed by atoms with van der Waals surface area (Å²) in [5, 5.41) is 0.494. The summed E-state index contributed by atoms with van der Waals surface area (Å²) >= 11 is 12.6. The fourth-order valence-electron chi connectivity index (χ4n) is 3.50. The SMILES string of the molecule is CN(C)C(=O)c1cccc(N(Cc2cccc(Cl)c2Cl)C(=O)C(C(=O)c2ncccn2)C(=O)N(C)C)c1. The van der Waals surface area contributed by atoms with Gasteiger partial charge in [0.15, 0.2) is 11.7 Å². The van der Waals surface area contributed by atoms with Crippen molar-refractivity contribution in [3.8, 4) is 0 Å². The molecule has 2 aromatic carbocycles. The van der Waals surface area contributed by atoms with Gasteiger partial charge in [-0.2, -0.15) is 0 Å². The van der Waals surface area contributed by atoms with E-state index >= 15 is 0 Å². The highest BCUT2D eigenvalue weighted by Gasteiger charge is 2.40. The molecule has 0 aliphatic carbocycles. The summed E-state index contributed by atoms with van der Waals surface area (Å²) in [6.45, 7) is -0.127. The van der Waals surface area contributed by atoms with Crippen molar-refractivity contribution in [1.29, 1.82) is 0 Å². The molecule has 37 heavy (non-hydrogen) atoms. The number of nitrogens with zero attached hydrogens (tertiary/aromatic N) is 5. The molecule has 9 nitrogen and oxygen atoms in total. The third kappa shape index (κ3) is 6.31. The van der Waals surface area contributed by atoms with E-state index in [1.54, 1.807) is 50.5 Å². The molecule has 0 radical (unpaired) electrons. The topological polar surface area (TPSA) is 104 Å². The fourth-order valence-corrected chi connectivity index (χ4v) is 3.88. The fraction of sp³-hybridized carbons (Fsp3) is 0.231. The van der Waals surface area contributed by atoms with E-state index in [4.69, 9.17) is 23.2 Å². The first-order valence-electron chi connectivity index (χ1n) is 11.1. The molecule has 0 N–H and O–H groups in total. The second-order valence-corrected chi connectivity index (χ2v) is 9.27. The summed E-state index contributed by atoms with van der Waals surface area (Å²) in [5.74, 6) is -4.76. The Morgan fingerprint density at radius 2 is 1.49 bits per heavy atom. The number of amides is 3. The Hall–Kier alpha value is -3.82. The first-order chi connectivity index (χ1) is 17.5. The molecule has 3 aromatic rings. The van der Waals surface area contributed by atoms with Gasteiger partial charge in [-0.1, -0.05) is 41.4 Å². The maximum Gasteiger partial charge on any atom is 0.253 e. The zero-order valence-electron chi connectivity index (χ0n) is 20.7. The Kier molecular flexibility index (Phi) is 8.96. The van der Waals surface area contributed by atoms with Crippen LogP contribution in [0.4, 0.5) is 5.69 Å². The number of hydrogen-bond acceptors (Lipinski definition) is 6. The van der Waals surface area contributed by atoms with Gasteiger partial charge in [0.2, 0.25) is 17.6 Å². The highest BCUT2D eigenvalue weighted by molar-refractivity contribution is 6.42. The minimum atomic E-state index is -1.77. The van der Waals surface area contributed by atoms with Crippen molar-refractivity contribution in [2.75, 3.05) is 33.1 Å². The van der Waals surface area contributed by atoms with Crippen LogP contribution in [0.15, 0.2) is 60.9 Å². The Bertz CT molecular complexity index is 1330. The van der Waals surface area contributed by atoms with Crippen LogP contribution in [0.25, 0.3) is 0 Å². The number of hydrogen-bond donors (Lipinski definition) is 0. The molecule has 1 atom stereocenters. The van der Waals surface area contributed by atoms with Gasteiger partial charge in [-0.25, -0.2) is 9.97 Å². The summed E-state index contributed by atoms with van der Waals surface area (Å²) in [5.41, 5.74) is 1.07. The largest absolute Gasteiger partial charge is 0.348 e. The maximum absolute atomic E-state index is 14.1. The Morgan fingerprint density at radius 3 is 2.11 bits per heavy atom. The lowest BCUT2D eigenvalue weighted by atomic mass is 9.98. The number of ketones is 1. The Labute approximate surface area is 224 Å². The Morgan fingerprint density at radius 1 is 0.838 bits per heavy atom. The molecule has 192 valence electrons. The average Bonchev–Trinajstić information content (AvgIpc) is 2.89. The molecule has 1 aromatic heterocycles. The molecule has 0 bridgehead atoms. The van der Waals surface area contributed by atoms with Crippen molar-refractivity contribution in [2.24, 2.45) is 5.92 Å². The highest BCUT2D eigenvalue weighted by Crippen LogP contribution is 2.30. The molecule has 11 heteroatoms. The van der Waals surface area contributed by atoms with Crippen LogP contribution in [0.5, 0.6) is 0 Å². The number of anilines is 1. The molecule has 0 saturated heterocycles. The van der Waals surface area contributed by atoms with Crippen LogP contribution in [0, 0.1) is 5.92 Å². The van der Waals surface area contributed by atoms with Crippen molar-refractivity contribution in [2.45, 2.75) is 6.54 Å². The van der Waals surface area contributed by atoms with E-state index in [2.05, 4.69) is 9.97 Å². The van der Waals surface area contributed by atoms with E-state index in [9.17, 15) is 19.2 Å². The van der Waals surface area contributed by atoms with Crippen molar-refractivity contribution in [3.05, 3.63) is 87.9 Å². The third-order valence-electron chi connectivity index (χ3n) is 5.42. The molecule has 3 rings (SSSR count). The summed E-state index contributed by atoms with van der Waals surface area (Å²) < 4.78 is 0. The third-order valence-corrected chi connectivity index (χ3v) is 6.28. The smallest absolute Gasteiger partial charge is 0.253 e. The van der Waals surface area contributed by atoms with Crippen LogP contribution >= 0.6 is 23.2 Å². The summed E-state index contributed by atoms with van der Waals surface area (Å²) in [6.07, 6.45) is 2.70. The van der Waals surface area contributed by atoms with Gasteiger partial charge in [0.1, 0.15) is 0 Å². The quantitative estimate of drug-likeness (QED) is 0.318. The number of carbonyl (C=O) groups is 4. The molecule has 0 saturated carbocycles. The van der Waals surface area contributed by atoms with Gasteiger partial charge in [0, 0.05) is 51.8 Å². The lowest BCUT2D eigenvalue weighted by Crippen LogP contribution is -2.47. The summed E-state index contributed by atoms with van der Waals surface area (Å²) in [6, 6.07) is 12.8. The first kappa shape index (κ1) is 27.8. The number of halogens is 2. The van der Waals surface area contributed by atoms with Crippen LogP contribution < -0.4 is 4.90 Å². The minimum absolute atomic E-state index is 0.127. The van der Waals surface area contributed by atoms with Crippen LogP contribution in [0.3, 0.4) is 0 Å². The average molecular weight is 542 g/mol. The molecule has 3 amide bonds. The van der Waals surface area contributed by atoms with E-state index < -0.39 is 23.5 Å². The van der Waals surface area contributed by atoms with Gasteiger partial charge < -0.3 is 14.7 Å². The second-order valence-electron chi connectivity index (χ2n) is 8.49. The van der Waals surface area contributed by atoms with Crippen LogP contribution in [-0.2, 0) is 16.1 Å². The van der Waals surface area contributed by atoms with Gasteiger partial charge in [-0.15, -0.1) is 0 Å². The monoisotopic (exact) mass is 541 g/mol. The van der Waals surface area contributed by atoms with E-state index in [1.807, 2.05) is 0 Å². The zero-order chi connectivity index (χ0) is 27.3. The predicted octanol–water partition coefficient (Wildman–Crippen LogP) is 3.61. The number of carbonyl (C=O) groups excluding carboxylic acids is 4.